The molecule has 2 atom stereocenters. The van der Waals surface area contributed by atoms with E-state index in [0.717, 1.165) is 12.8 Å². The summed E-state index contributed by atoms with van der Waals surface area (Å²) in [5.41, 5.74) is 5.40. The third-order valence-corrected chi connectivity index (χ3v) is 4.24. The first-order valence-electron chi connectivity index (χ1n) is 8.20. The summed E-state index contributed by atoms with van der Waals surface area (Å²) in [7, 11) is 0. The average Bonchev–Trinajstić information content (AvgIpc) is 2.59. The highest BCUT2D eigenvalue weighted by molar-refractivity contribution is 6.30. The van der Waals surface area contributed by atoms with Gasteiger partial charge in [-0.25, -0.2) is 0 Å². The molecule has 1 heterocycles. The van der Waals surface area contributed by atoms with E-state index in [4.69, 9.17) is 22.1 Å². The molecule has 24 heavy (non-hydrogen) atoms. The lowest BCUT2D eigenvalue weighted by Gasteiger charge is -2.33. The van der Waals surface area contributed by atoms with Crippen LogP contribution in [0.25, 0.3) is 0 Å². The number of nitrogens with zero attached hydrogens (tertiary/aromatic N) is 1. The maximum Gasteiger partial charge on any atom is 0.263 e. The van der Waals surface area contributed by atoms with E-state index in [1.807, 2.05) is 0 Å². The molecule has 0 aromatic heterocycles. The second kappa shape index (κ2) is 8.89. The molecule has 1 aliphatic heterocycles. The molecule has 2 amide bonds. The standard InChI is InChI=1S/C17H24ClN3O3/c1-12(24-15-6-2-5-14(18)10-15)17(23)21-9-3-4-13(11-21)16(22)20-8-7-19/h2,5-6,10,12-13H,3-4,7-9,11,19H2,1H3,(H,20,22). The Balaban J connectivity index is 1.92. The van der Waals surface area contributed by atoms with Crippen LogP contribution in [0, 0.1) is 5.92 Å². The minimum absolute atomic E-state index is 0.0404. The van der Waals surface area contributed by atoms with Gasteiger partial charge in [0, 0.05) is 31.2 Å². The predicted octanol–water partition coefficient (Wildman–Crippen LogP) is 1.42. The first kappa shape index (κ1) is 18.5. The number of nitrogens with one attached hydrogen (secondary N) is 1. The monoisotopic (exact) mass is 353 g/mol. The van der Waals surface area contributed by atoms with E-state index in [9.17, 15) is 9.59 Å². The lowest BCUT2D eigenvalue weighted by atomic mass is 9.96. The minimum Gasteiger partial charge on any atom is -0.481 e. The molecule has 1 saturated heterocycles. The molecular formula is C17H24ClN3O3. The maximum atomic E-state index is 12.6. The molecule has 1 aliphatic rings. The molecule has 0 bridgehead atoms. The summed E-state index contributed by atoms with van der Waals surface area (Å²) in [5.74, 6) is 0.206. The van der Waals surface area contributed by atoms with E-state index in [2.05, 4.69) is 5.32 Å². The molecule has 0 aliphatic carbocycles. The van der Waals surface area contributed by atoms with Crippen molar-refractivity contribution in [1.29, 1.82) is 0 Å². The predicted molar refractivity (Wildman–Crippen MR) is 92.9 cm³/mol. The third kappa shape index (κ3) is 5.11. The molecule has 0 spiro atoms. The molecule has 1 aromatic carbocycles. The van der Waals surface area contributed by atoms with Crippen LogP contribution in [-0.2, 0) is 9.59 Å². The van der Waals surface area contributed by atoms with Crippen LogP contribution in [0.3, 0.4) is 0 Å². The smallest absolute Gasteiger partial charge is 0.263 e. The van der Waals surface area contributed by atoms with Crippen molar-refractivity contribution in [3.8, 4) is 5.75 Å². The highest BCUT2D eigenvalue weighted by Gasteiger charge is 2.30. The van der Waals surface area contributed by atoms with Crippen molar-refractivity contribution in [2.75, 3.05) is 26.2 Å². The molecular weight excluding hydrogens is 330 g/mol. The topological polar surface area (TPSA) is 84.7 Å². The van der Waals surface area contributed by atoms with E-state index < -0.39 is 6.10 Å². The summed E-state index contributed by atoms with van der Waals surface area (Å²) < 4.78 is 5.68. The Kier molecular flexibility index (Phi) is 6.87. The Hall–Kier alpha value is -1.79. The SMILES string of the molecule is CC(Oc1cccc(Cl)c1)C(=O)N1CCCC(C(=O)NCCN)C1. The van der Waals surface area contributed by atoms with Gasteiger partial charge in [0.1, 0.15) is 5.75 Å². The molecule has 1 aromatic rings. The van der Waals surface area contributed by atoms with E-state index in [0.29, 0.717) is 37.0 Å². The molecule has 7 heteroatoms. The summed E-state index contributed by atoms with van der Waals surface area (Å²) in [6.07, 6.45) is 0.953. The van der Waals surface area contributed by atoms with Gasteiger partial charge in [0.05, 0.1) is 5.92 Å². The largest absolute Gasteiger partial charge is 0.481 e. The van der Waals surface area contributed by atoms with Gasteiger partial charge in [-0.1, -0.05) is 17.7 Å². The Morgan fingerprint density at radius 1 is 1.50 bits per heavy atom. The second-order valence-electron chi connectivity index (χ2n) is 5.92. The summed E-state index contributed by atoms with van der Waals surface area (Å²) in [5, 5.41) is 3.35. The number of benzene rings is 1. The molecule has 3 N–H and O–H groups in total. The first-order valence-corrected chi connectivity index (χ1v) is 8.58. The van der Waals surface area contributed by atoms with Gasteiger partial charge >= 0.3 is 0 Å². The fourth-order valence-corrected chi connectivity index (χ4v) is 2.96. The zero-order chi connectivity index (χ0) is 17.5. The number of amides is 2. The second-order valence-corrected chi connectivity index (χ2v) is 6.36. The summed E-state index contributed by atoms with van der Waals surface area (Å²) in [6.45, 7) is 3.63. The fourth-order valence-electron chi connectivity index (χ4n) is 2.78. The van der Waals surface area contributed by atoms with E-state index in [1.54, 1.807) is 36.1 Å². The summed E-state index contributed by atoms with van der Waals surface area (Å²) in [4.78, 5) is 26.4. The number of hydrogen-bond acceptors (Lipinski definition) is 4. The Morgan fingerprint density at radius 2 is 2.29 bits per heavy atom. The van der Waals surface area contributed by atoms with Crippen LogP contribution in [0.15, 0.2) is 24.3 Å². The van der Waals surface area contributed by atoms with Crippen LogP contribution in [0.2, 0.25) is 5.02 Å². The Morgan fingerprint density at radius 3 is 3.00 bits per heavy atom. The highest BCUT2D eigenvalue weighted by atomic mass is 35.5. The van der Waals surface area contributed by atoms with Gasteiger partial charge in [-0.05, 0) is 38.0 Å². The highest BCUT2D eigenvalue weighted by Crippen LogP contribution is 2.21. The number of hydrogen-bond donors (Lipinski definition) is 2. The average molecular weight is 354 g/mol. The van der Waals surface area contributed by atoms with E-state index in [1.165, 1.54) is 0 Å². The van der Waals surface area contributed by atoms with Crippen molar-refractivity contribution in [3.05, 3.63) is 29.3 Å². The molecule has 2 rings (SSSR count). The Bertz CT molecular complexity index is 582. The zero-order valence-corrected chi connectivity index (χ0v) is 14.6. The molecule has 2 unspecified atom stereocenters. The number of nitrogens with two attached hydrogens (primary N) is 1. The molecule has 0 saturated carbocycles. The number of halogens is 1. The van der Waals surface area contributed by atoms with E-state index in [-0.39, 0.29) is 17.7 Å². The maximum absolute atomic E-state index is 12.6. The third-order valence-electron chi connectivity index (χ3n) is 4.00. The van der Waals surface area contributed by atoms with Crippen LogP contribution < -0.4 is 15.8 Å². The quantitative estimate of drug-likeness (QED) is 0.810. The van der Waals surface area contributed by atoms with Crippen molar-refractivity contribution < 1.29 is 14.3 Å². The molecule has 1 fully saturated rings. The number of piperidine rings is 1. The number of likely N-dealkylation sites (tertiary alicyclic amines) is 1. The normalized spacial score (nSPS) is 18.8. The Labute approximate surface area is 147 Å². The van der Waals surface area contributed by atoms with Crippen LogP contribution in [-0.4, -0.2) is 49.0 Å². The van der Waals surface area contributed by atoms with Crippen molar-refractivity contribution in [2.24, 2.45) is 11.7 Å². The molecule has 132 valence electrons. The van der Waals surface area contributed by atoms with Crippen molar-refractivity contribution in [1.82, 2.24) is 10.2 Å². The van der Waals surface area contributed by atoms with Crippen LogP contribution >= 0.6 is 11.6 Å². The van der Waals surface area contributed by atoms with Crippen LogP contribution in [0.5, 0.6) is 5.75 Å². The van der Waals surface area contributed by atoms with Gasteiger partial charge in [0.25, 0.3) is 5.91 Å². The van der Waals surface area contributed by atoms with Gasteiger partial charge in [0.15, 0.2) is 6.10 Å². The number of carbonyl (C=O) groups excluding carboxylic acids is 2. The summed E-state index contributed by atoms with van der Waals surface area (Å²) in [6, 6.07) is 6.95. The number of ether oxygens (including phenoxy) is 1. The lowest BCUT2D eigenvalue weighted by molar-refractivity contribution is -0.141. The molecule has 6 nitrogen and oxygen atoms in total. The number of rotatable bonds is 6. The van der Waals surface area contributed by atoms with Crippen molar-refractivity contribution >= 4 is 23.4 Å². The van der Waals surface area contributed by atoms with Gasteiger partial charge in [0.2, 0.25) is 5.91 Å². The first-order chi connectivity index (χ1) is 11.5. The number of carbonyl (C=O) groups is 2. The van der Waals surface area contributed by atoms with Crippen molar-refractivity contribution in [2.45, 2.75) is 25.9 Å². The summed E-state index contributed by atoms with van der Waals surface area (Å²) >= 11 is 5.92. The van der Waals surface area contributed by atoms with E-state index >= 15 is 0 Å². The zero-order valence-electron chi connectivity index (χ0n) is 13.8. The van der Waals surface area contributed by atoms with Crippen molar-refractivity contribution in [3.63, 3.8) is 0 Å². The molecule has 0 radical (unpaired) electrons. The van der Waals surface area contributed by atoms with Crippen LogP contribution in [0.1, 0.15) is 19.8 Å². The van der Waals surface area contributed by atoms with Gasteiger partial charge < -0.3 is 20.7 Å². The van der Waals surface area contributed by atoms with Gasteiger partial charge in [-0.3, -0.25) is 9.59 Å². The van der Waals surface area contributed by atoms with Gasteiger partial charge in [-0.15, -0.1) is 0 Å². The minimum atomic E-state index is -0.630. The van der Waals surface area contributed by atoms with Crippen LogP contribution in [0.4, 0.5) is 0 Å². The fraction of sp³-hybridized carbons (Fsp3) is 0.529. The van der Waals surface area contributed by atoms with Gasteiger partial charge in [-0.2, -0.15) is 0 Å². The lowest BCUT2D eigenvalue weighted by Crippen LogP contribution is -2.49.